The number of nitrogens with one attached hydrogen (secondary N) is 2. The molecule has 12 nitrogen and oxygen atoms in total. The Labute approximate surface area is 308 Å². The van der Waals surface area contributed by atoms with Gasteiger partial charge >= 0.3 is 0 Å². The van der Waals surface area contributed by atoms with Gasteiger partial charge in [-0.15, -0.1) is 11.3 Å². The standard InChI is InChI=1S/C38H51FN6O6S/c1-22(24-12-14-26(15-13-24)34-23(2)42-21-52-34)43-36(49)29-18-28(46)19-45(29)37(50)35(38(3,4)5)44-32(48)11-7-9-25-8-6-10-30(33(25)39)51-20-27(40)16-17-31(41)47/h6,8,10,12-15,21-22,27-29,35,46H,7,9,11,16-20,40H2,1-5H3,(H2,41,47)(H,43,49)(H,44,48)/t22?,27?,28-,29+,35?/m1/s1. The van der Waals surface area contributed by atoms with E-state index in [2.05, 4.69) is 15.6 Å². The van der Waals surface area contributed by atoms with E-state index in [0.717, 1.165) is 21.7 Å². The molecule has 1 aromatic heterocycles. The summed E-state index contributed by atoms with van der Waals surface area (Å²) in [4.78, 5) is 58.5. The summed E-state index contributed by atoms with van der Waals surface area (Å²) >= 11 is 1.56. The number of halogens is 1. The van der Waals surface area contributed by atoms with E-state index in [9.17, 15) is 24.3 Å². The van der Waals surface area contributed by atoms with Crippen LogP contribution in [0.3, 0.4) is 0 Å². The Balaban J connectivity index is 1.34. The molecular weight excluding hydrogens is 688 g/mol. The fourth-order valence-corrected chi connectivity index (χ4v) is 6.97. The topological polar surface area (TPSA) is 190 Å². The molecule has 3 unspecified atom stereocenters. The Morgan fingerprint density at radius 1 is 1.12 bits per heavy atom. The van der Waals surface area contributed by atoms with Crippen LogP contribution in [-0.2, 0) is 25.6 Å². The smallest absolute Gasteiger partial charge is 0.246 e. The van der Waals surface area contributed by atoms with E-state index in [4.69, 9.17) is 16.2 Å². The maximum Gasteiger partial charge on any atom is 0.246 e. The van der Waals surface area contributed by atoms with E-state index < -0.39 is 53.2 Å². The second-order valence-corrected chi connectivity index (χ2v) is 15.4. The second-order valence-electron chi connectivity index (χ2n) is 14.5. The lowest BCUT2D eigenvalue weighted by atomic mass is 9.85. The third-order valence-electron chi connectivity index (χ3n) is 9.17. The van der Waals surface area contributed by atoms with Crippen molar-refractivity contribution in [3.05, 3.63) is 70.6 Å². The number of aromatic nitrogens is 1. The number of aryl methyl sites for hydroxylation is 2. The SMILES string of the molecule is Cc1ncsc1-c1ccc(C(C)NC(=O)[C@@H]2C[C@@H](O)CN2C(=O)C(NC(=O)CCCc2cccc(OCC(N)CCC(N)=O)c2F)C(C)(C)C)cc1. The van der Waals surface area contributed by atoms with Gasteiger partial charge in [0.15, 0.2) is 11.6 Å². The Bertz CT molecular complexity index is 1710. The molecule has 0 saturated carbocycles. The molecule has 4 rings (SSSR count). The number of benzene rings is 2. The molecule has 14 heteroatoms. The zero-order valence-electron chi connectivity index (χ0n) is 30.5. The molecule has 1 fully saturated rings. The highest BCUT2D eigenvalue weighted by molar-refractivity contribution is 7.13. The number of ether oxygens (including phenoxy) is 1. The van der Waals surface area contributed by atoms with Gasteiger partial charge in [-0.3, -0.25) is 19.2 Å². The number of primary amides is 1. The van der Waals surface area contributed by atoms with Crippen LogP contribution >= 0.6 is 11.3 Å². The lowest BCUT2D eigenvalue weighted by Crippen LogP contribution is -2.57. The van der Waals surface area contributed by atoms with E-state index in [0.29, 0.717) is 18.4 Å². The molecule has 0 radical (unpaired) electrons. The predicted octanol–water partition coefficient (Wildman–Crippen LogP) is 3.92. The summed E-state index contributed by atoms with van der Waals surface area (Å²) < 4.78 is 20.7. The summed E-state index contributed by atoms with van der Waals surface area (Å²) in [6, 6.07) is 9.87. The second kappa shape index (κ2) is 17.9. The van der Waals surface area contributed by atoms with Crippen molar-refractivity contribution in [2.75, 3.05) is 13.2 Å². The molecular formula is C38H51FN6O6S. The number of carbonyl (C=O) groups is 4. The third kappa shape index (κ3) is 10.8. The minimum absolute atomic E-state index is 0.00990. The van der Waals surface area contributed by atoms with E-state index in [1.807, 2.05) is 58.9 Å². The van der Waals surface area contributed by atoms with Crippen molar-refractivity contribution in [3.8, 4) is 16.2 Å². The van der Waals surface area contributed by atoms with Crippen molar-refractivity contribution < 1.29 is 33.4 Å². The Morgan fingerprint density at radius 2 is 1.83 bits per heavy atom. The summed E-state index contributed by atoms with van der Waals surface area (Å²) in [6.07, 6.45) is 0.167. The molecule has 1 aliphatic heterocycles. The van der Waals surface area contributed by atoms with E-state index in [-0.39, 0.29) is 56.5 Å². The molecule has 2 aromatic carbocycles. The van der Waals surface area contributed by atoms with Gasteiger partial charge in [0.1, 0.15) is 18.7 Å². The fourth-order valence-electron chi connectivity index (χ4n) is 6.16. The number of aliphatic hydroxyl groups excluding tert-OH is 1. The van der Waals surface area contributed by atoms with Gasteiger partial charge < -0.3 is 36.8 Å². The van der Waals surface area contributed by atoms with Crippen LogP contribution in [0.5, 0.6) is 5.75 Å². The molecule has 7 N–H and O–H groups in total. The number of amides is 4. The van der Waals surface area contributed by atoms with Gasteiger partial charge in [-0.25, -0.2) is 9.37 Å². The average Bonchev–Trinajstić information content (AvgIpc) is 3.70. The average molecular weight is 739 g/mol. The monoisotopic (exact) mass is 738 g/mol. The molecule has 1 aliphatic rings. The first-order valence-electron chi connectivity index (χ1n) is 17.6. The van der Waals surface area contributed by atoms with E-state index in [1.54, 1.807) is 29.0 Å². The van der Waals surface area contributed by atoms with Gasteiger partial charge in [-0.2, -0.15) is 0 Å². The normalized spacial score (nSPS) is 17.7. The molecule has 0 spiro atoms. The van der Waals surface area contributed by atoms with Crippen LogP contribution in [0, 0.1) is 18.2 Å². The van der Waals surface area contributed by atoms with Crippen LogP contribution in [0.1, 0.15) is 82.7 Å². The molecule has 1 saturated heterocycles. The highest BCUT2D eigenvalue weighted by Crippen LogP contribution is 2.30. The molecule has 0 bridgehead atoms. The minimum atomic E-state index is -0.979. The Morgan fingerprint density at radius 3 is 2.46 bits per heavy atom. The summed E-state index contributed by atoms with van der Waals surface area (Å²) in [5.74, 6) is -2.25. The van der Waals surface area contributed by atoms with Crippen LogP contribution in [0.4, 0.5) is 4.39 Å². The number of nitrogens with two attached hydrogens (primary N) is 2. The van der Waals surface area contributed by atoms with Crippen LogP contribution in [-0.4, -0.2) is 76.0 Å². The number of β-amino-alcohol motifs (C(OH)–C–C–N with tert-alkyl or cyclic N) is 1. The molecule has 4 amide bonds. The predicted molar refractivity (Wildman–Crippen MR) is 198 cm³/mol. The van der Waals surface area contributed by atoms with Crippen LogP contribution in [0.15, 0.2) is 48.0 Å². The van der Waals surface area contributed by atoms with Crippen LogP contribution < -0.4 is 26.8 Å². The van der Waals surface area contributed by atoms with Gasteiger partial charge in [0.25, 0.3) is 0 Å². The van der Waals surface area contributed by atoms with Gasteiger partial charge in [-0.1, -0.05) is 57.2 Å². The van der Waals surface area contributed by atoms with Gasteiger partial charge in [-0.05, 0) is 61.3 Å². The molecule has 2 heterocycles. The minimum Gasteiger partial charge on any atom is -0.489 e. The fraction of sp³-hybridized carbons (Fsp3) is 0.500. The van der Waals surface area contributed by atoms with Gasteiger partial charge in [0, 0.05) is 31.8 Å². The Kier molecular flexibility index (Phi) is 13.9. The zero-order chi connectivity index (χ0) is 38.2. The first kappa shape index (κ1) is 40.4. The molecule has 3 aromatic rings. The number of hydrogen-bond donors (Lipinski definition) is 5. The molecule has 5 atom stereocenters. The number of carbonyl (C=O) groups excluding carboxylic acids is 4. The number of thiazole rings is 1. The third-order valence-corrected chi connectivity index (χ3v) is 10.1. The summed E-state index contributed by atoms with van der Waals surface area (Å²) in [5, 5.41) is 16.4. The number of rotatable bonds is 16. The van der Waals surface area contributed by atoms with Crippen molar-refractivity contribution in [2.45, 2.75) is 103 Å². The first-order valence-corrected chi connectivity index (χ1v) is 18.5. The molecule has 282 valence electrons. The van der Waals surface area contributed by atoms with E-state index >= 15 is 4.39 Å². The van der Waals surface area contributed by atoms with Crippen molar-refractivity contribution >= 4 is 35.0 Å². The highest BCUT2D eigenvalue weighted by atomic mass is 32.1. The van der Waals surface area contributed by atoms with Crippen molar-refractivity contribution in [3.63, 3.8) is 0 Å². The van der Waals surface area contributed by atoms with Crippen molar-refractivity contribution in [2.24, 2.45) is 16.9 Å². The number of hydrogen-bond acceptors (Lipinski definition) is 9. The lowest BCUT2D eigenvalue weighted by Gasteiger charge is -2.35. The van der Waals surface area contributed by atoms with Crippen molar-refractivity contribution in [1.82, 2.24) is 20.5 Å². The molecule has 0 aliphatic carbocycles. The number of likely N-dealkylation sites (tertiary alicyclic amines) is 1. The largest absolute Gasteiger partial charge is 0.489 e. The maximum absolute atomic E-state index is 15.2. The summed E-state index contributed by atoms with van der Waals surface area (Å²) in [7, 11) is 0. The zero-order valence-corrected chi connectivity index (χ0v) is 31.3. The van der Waals surface area contributed by atoms with E-state index in [1.165, 1.54) is 11.0 Å². The Hall–Kier alpha value is -4.40. The summed E-state index contributed by atoms with van der Waals surface area (Å²) in [5.41, 5.74) is 15.4. The first-order chi connectivity index (χ1) is 24.5. The van der Waals surface area contributed by atoms with Crippen LogP contribution in [0.25, 0.3) is 10.4 Å². The maximum atomic E-state index is 15.2. The van der Waals surface area contributed by atoms with Crippen molar-refractivity contribution in [1.29, 1.82) is 0 Å². The van der Waals surface area contributed by atoms with Gasteiger partial charge in [0.2, 0.25) is 23.6 Å². The number of aliphatic hydroxyl groups is 1. The van der Waals surface area contributed by atoms with Crippen LogP contribution in [0.2, 0.25) is 0 Å². The van der Waals surface area contributed by atoms with Gasteiger partial charge in [0.05, 0.1) is 28.2 Å². The quantitative estimate of drug-likeness (QED) is 0.146. The lowest BCUT2D eigenvalue weighted by molar-refractivity contribution is -0.144. The molecule has 52 heavy (non-hydrogen) atoms. The highest BCUT2D eigenvalue weighted by Gasteiger charge is 2.44. The summed E-state index contributed by atoms with van der Waals surface area (Å²) in [6.45, 7) is 9.24. The number of nitrogens with zero attached hydrogens (tertiary/aromatic N) is 2.